The third-order valence-electron chi connectivity index (χ3n) is 10.9. The lowest BCUT2D eigenvalue weighted by Gasteiger charge is -2.33. The van der Waals surface area contributed by atoms with E-state index in [-0.39, 0.29) is 77.3 Å². The maximum absolute atomic E-state index is 13.7. The van der Waals surface area contributed by atoms with Crippen LogP contribution in [-0.4, -0.2) is 115 Å². The Bertz CT molecular complexity index is 2430. The largest absolute Gasteiger partial charge is 0.491 e. The minimum atomic E-state index is -4.79. The molecule has 4 aromatic rings. The summed E-state index contributed by atoms with van der Waals surface area (Å²) in [6.07, 6.45) is -5.59. The first-order valence-corrected chi connectivity index (χ1v) is 22.3. The number of anilines is 2. The summed E-state index contributed by atoms with van der Waals surface area (Å²) in [5.41, 5.74) is 0.930. The molecule has 1 aromatic heterocycles. The molecule has 352 valence electrons. The number of aryl methyl sites for hydroxylation is 1. The first-order chi connectivity index (χ1) is 31.4. The number of aliphatic hydroxyl groups excluding tert-OH is 1. The van der Waals surface area contributed by atoms with Gasteiger partial charge in [0.25, 0.3) is 5.91 Å². The van der Waals surface area contributed by atoms with Crippen LogP contribution >= 0.6 is 24.0 Å². The molecule has 0 radical (unpaired) electrons. The third-order valence-corrected chi connectivity index (χ3v) is 12.3. The number of nitriles is 1. The summed E-state index contributed by atoms with van der Waals surface area (Å²) in [5.74, 6) is -0.717. The highest BCUT2D eigenvalue weighted by Gasteiger charge is 2.51. The van der Waals surface area contributed by atoms with Gasteiger partial charge in [-0.2, -0.15) is 18.4 Å². The van der Waals surface area contributed by atoms with Crippen LogP contribution in [-0.2, 0) is 41.4 Å². The second-order valence-electron chi connectivity index (χ2n) is 15.9. The van der Waals surface area contributed by atoms with Gasteiger partial charge >= 0.3 is 6.18 Å². The van der Waals surface area contributed by atoms with Gasteiger partial charge in [0.1, 0.15) is 36.3 Å². The van der Waals surface area contributed by atoms with E-state index in [0.717, 1.165) is 28.3 Å². The molecule has 3 atom stereocenters. The van der Waals surface area contributed by atoms with E-state index in [2.05, 4.69) is 28.2 Å². The summed E-state index contributed by atoms with van der Waals surface area (Å²) in [5, 5.41) is 24.8. The molecule has 4 amide bonds. The smallest absolute Gasteiger partial charge is 0.417 e. The number of benzene rings is 3. The SMILES string of the molecule is CC(=O)NCC(=O)N1C[C@H](O)C[C@H]1C(=O)NCc1ccc(-c2scnc2C)cc1OCCOCCOCCOc1ccc(N2C(S)N(c3ccc(C#N)c(C(F)(F)F)c3)C(=O)C2(C)C)cc1. The predicted octanol–water partition coefficient (Wildman–Crippen LogP) is 5.06. The lowest BCUT2D eigenvalue weighted by molar-refractivity contribution is -0.138. The first-order valence-electron chi connectivity index (χ1n) is 20.9. The van der Waals surface area contributed by atoms with Crippen molar-refractivity contribution in [3.8, 4) is 28.0 Å². The van der Waals surface area contributed by atoms with Crippen molar-refractivity contribution in [2.24, 2.45) is 0 Å². The highest BCUT2D eigenvalue weighted by Crippen LogP contribution is 2.42. The van der Waals surface area contributed by atoms with Crippen molar-refractivity contribution in [1.29, 1.82) is 5.26 Å². The number of ether oxygens (including phenoxy) is 4. The number of nitrogens with one attached hydrogen (secondary N) is 2. The number of rotatable bonds is 19. The van der Waals surface area contributed by atoms with Gasteiger partial charge in [-0.05, 0) is 74.9 Å². The number of carbonyl (C=O) groups excluding carboxylic acids is 4. The van der Waals surface area contributed by atoms with Crippen LogP contribution in [0.2, 0.25) is 0 Å². The van der Waals surface area contributed by atoms with E-state index in [1.165, 1.54) is 34.1 Å². The number of amides is 4. The Morgan fingerprint density at radius 3 is 2.27 bits per heavy atom. The highest BCUT2D eigenvalue weighted by atomic mass is 32.1. The summed E-state index contributed by atoms with van der Waals surface area (Å²) >= 11 is 6.13. The molecule has 16 nitrogen and oxygen atoms in total. The number of halogens is 3. The van der Waals surface area contributed by atoms with Gasteiger partial charge in [-0.3, -0.25) is 24.1 Å². The number of carbonyl (C=O) groups is 4. The molecule has 21 heteroatoms. The zero-order valence-corrected chi connectivity index (χ0v) is 38.3. The predicted molar refractivity (Wildman–Crippen MR) is 241 cm³/mol. The zero-order chi connectivity index (χ0) is 47.8. The van der Waals surface area contributed by atoms with Crippen molar-refractivity contribution < 1.29 is 56.4 Å². The van der Waals surface area contributed by atoms with Crippen LogP contribution < -0.4 is 29.9 Å². The monoisotopic (exact) mass is 953 g/mol. The second kappa shape index (κ2) is 21.6. The van der Waals surface area contributed by atoms with Crippen LogP contribution in [0.1, 0.15) is 49.6 Å². The number of nitrogens with zero attached hydrogens (tertiary/aromatic N) is 5. The molecule has 2 fully saturated rings. The van der Waals surface area contributed by atoms with Crippen LogP contribution in [0, 0.1) is 18.3 Å². The van der Waals surface area contributed by atoms with Crippen LogP contribution in [0.15, 0.2) is 66.2 Å². The Morgan fingerprint density at radius 1 is 0.970 bits per heavy atom. The van der Waals surface area contributed by atoms with E-state index in [4.69, 9.17) is 18.9 Å². The molecule has 0 saturated carbocycles. The molecule has 3 heterocycles. The lowest BCUT2D eigenvalue weighted by Crippen LogP contribution is -2.48. The second-order valence-corrected chi connectivity index (χ2v) is 17.2. The van der Waals surface area contributed by atoms with Gasteiger partial charge in [0, 0.05) is 43.4 Å². The first kappa shape index (κ1) is 49.5. The normalized spacial score (nSPS) is 18.0. The number of hydrogen-bond donors (Lipinski definition) is 4. The zero-order valence-electron chi connectivity index (χ0n) is 36.6. The van der Waals surface area contributed by atoms with Crippen molar-refractivity contribution in [1.82, 2.24) is 20.5 Å². The van der Waals surface area contributed by atoms with E-state index >= 15 is 0 Å². The Labute approximate surface area is 389 Å². The quantitative estimate of drug-likeness (QED) is 0.0722. The van der Waals surface area contributed by atoms with Crippen molar-refractivity contribution >= 4 is 59.0 Å². The number of aliphatic hydroxyl groups is 1. The Balaban J connectivity index is 0.942. The molecule has 2 aliphatic heterocycles. The van der Waals surface area contributed by atoms with Crippen LogP contribution in [0.25, 0.3) is 10.4 Å². The maximum Gasteiger partial charge on any atom is 0.417 e. The Morgan fingerprint density at radius 2 is 1.64 bits per heavy atom. The van der Waals surface area contributed by atoms with Gasteiger partial charge in [-0.15, -0.1) is 24.0 Å². The minimum Gasteiger partial charge on any atom is -0.491 e. The molecular formula is C45H50F3N7O9S2. The number of alkyl halides is 3. The summed E-state index contributed by atoms with van der Waals surface area (Å²) in [4.78, 5) is 60.3. The van der Waals surface area contributed by atoms with Gasteiger partial charge in [-0.25, -0.2) is 4.98 Å². The van der Waals surface area contributed by atoms with Gasteiger partial charge in [0.2, 0.25) is 17.7 Å². The average Bonchev–Trinajstić information content (AvgIpc) is 3.94. The maximum atomic E-state index is 13.7. The highest BCUT2D eigenvalue weighted by molar-refractivity contribution is 7.81. The van der Waals surface area contributed by atoms with Gasteiger partial charge in [0.05, 0.1) is 72.4 Å². The molecule has 1 unspecified atom stereocenters. The van der Waals surface area contributed by atoms with E-state index < -0.39 is 58.2 Å². The molecule has 0 bridgehead atoms. The van der Waals surface area contributed by atoms with E-state index in [0.29, 0.717) is 22.7 Å². The number of aromatic nitrogens is 1. The van der Waals surface area contributed by atoms with E-state index in [9.17, 15) is 42.7 Å². The summed E-state index contributed by atoms with van der Waals surface area (Å²) in [6.45, 7) is 7.76. The molecule has 3 N–H and O–H groups in total. The Hall–Kier alpha value is -5.92. The molecule has 0 spiro atoms. The molecule has 66 heavy (non-hydrogen) atoms. The van der Waals surface area contributed by atoms with Gasteiger partial charge in [-0.1, -0.05) is 12.1 Å². The number of likely N-dealkylation sites (tertiary alicyclic amines) is 1. The van der Waals surface area contributed by atoms with Crippen LogP contribution in [0.3, 0.4) is 0 Å². The lowest BCUT2D eigenvalue weighted by atomic mass is 10.0. The topological polar surface area (TPSA) is 196 Å². The van der Waals surface area contributed by atoms with Crippen molar-refractivity contribution in [3.05, 3.63) is 88.6 Å². The summed E-state index contributed by atoms with van der Waals surface area (Å²) in [7, 11) is 0. The van der Waals surface area contributed by atoms with Crippen molar-refractivity contribution in [3.63, 3.8) is 0 Å². The fraction of sp³-hybridized carbons (Fsp3) is 0.422. The number of β-amino-alcohol motifs (C(OH)–C–C–N with tert-alkyl or cyclic N) is 1. The van der Waals surface area contributed by atoms with Gasteiger partial charge in [0.15, 0.2) is 5.50 Å². The fourth-order valence-corrected chi connectivity index (χ4v) is 9.04. The Kier molecular flexibility index (Phi) is 16.2. The number of hydrogen-bond acceptors (Lipinski definition) is 14. The van der Waals surface area contributed by atoms with E-state index in [1.807, 2.05) is 25.1 Å². The molecule has 6 rings (SSSR count). The number of thiazole rings is 1. The third kappa shape index (κ3) is 11.7. The van der Waals surface area contributed by atoms with Crippen LogP contribution in [0.5, 0.6) is 11.5 Å². The molecule has 2 saturated heterocycles. The summed E-state index contributed by atoms with van der Waals surface area (Å²) in [6, 6.07) is 16.3. The molecule has 2 aliphatic rings. The summed E-state index contributed by atoms with van der Waals surface area (Å²) < 4.78 is 64.5. The minimum absolute atomic E-state index is 0.0149. The molecule has 3 aromatic carbocycles. The van der Waals surface area contributed by atoms with Gasteiger partial charge < -0.3 is 44.5 Å². The molecule has 0 aliphatic carbocycles. The average molecular weight is 954 g/mol. The van der Waals surface area contributed by atoms with E-state index in [1.54, 1.807) is 54.6 Å². The van der Waals surface area contributed by atoms with Crippen molar-refractivity contribution in [2.75, 3.05) is 62.5 Å². The fourth-order valence-electron chi connectivity index (χ4n) is 7.58. The molecular weight excluding hydrogens is 904 g/mol. The van der Waals surface area contributed by atoms with Crippen molar-refractivity contribution in [2.45, 2.75) is 70.0 Å². The number of thiol groups is 1. The standard InChI is InChI=1S/C45H50F3N7O9S2/c1-27-40(66-26-52-27)29-5-6-31(23-51-41(59)37-21-34(57)25-53(37)39(58)24-50-28(2)56)38(19-29)64-18-16-62-14-13-61-15-17-63-35-11-9-32(10-12-35)55-43(65)54(42(60)44(55,3)4)33-8-7-30(22-49)36(20-33)45(46,47)48/h5-12,19-20,26,34,37,43,57,65H,13-18,21,23-25H2,1-4H3,(H,50,56)(H,51,59)/t34-,37+,43?/m1/s1. The van der Waals surface area contributed by atoms with Crippen LogP contribution in [0.4, 0.5) is 24.5 Å².